The number of fused-ring (bicyclic) bond motifs is 1. The van der Waals surface area contributed by atoms with Crippen molar-refractivity contribution in [2.24, 2.45) is 0 Å². The molecule has 0 saturated carbocycles. The average Bonchev–Trinajstić information content (AvgIpc) is 2.53. The zero-order valence-corrected chi connectivity index (χ0v) is 9.01. The highest BCUT2D eigenvalue weighted by Crippen LogP contribution is 2.26. The summed E-state index contributed by atoms with van der Waals surface area (Å²) >= 11 is 3.09. The lowest BCUT2D eigenvalue weighted by atomic mass is 10.1. The number of aromatic nitrogens is 2. The molecule has 2 rings (SSSR count). The zero-order valence-electron chi connectivity index (χ0n) is 7.42. The van der Waals surface area contributed by atoms with Gasteiger partial charge in [0.2, 0.25) is 0 Å². The van der Waals surface area contributed by atoms with Crippen molar-refractivity contribution in [3.05, 3.63) is 28.1 Å². The summed E-state index contributed by atoms with van der Waals surface area (Å²) in [6, 6.07) is 3.05. The van der Waals surface area contributed by atoms with Crippen molar-refractivity contribution < 1.29 is 14.3 Å². The second-order valence-electron chi connectivity index (χ2n) is 3.05. The van der Waals surface area contributed by atoms with Crippen molar-refractivity contribution in [1.82, 2.24) is 10.2 Å². The Balaban J connectivity index is 2.63. The number of aromatic amines is 1. The Labute approximate surface area is 92.2 Å². The Kier molecular flexibility index (Phi) is 2.44. The molecular weight excluding hydrogens is 267 g/mol. The monoisotopic (exact) mass is 272 g/mol. The second kappa shape index (κ2) is 3.62. The second-order valence-corrected chi connectivity index (χ2v) is 3.80. The number of benzene rings is 1. The van der Waals surface area contributed by atoms with E-state index in [9.17, 15) is 9.18 Å². The summed E-state index contributed by atoms with van der Waals surface area (Å²) in [6.45, 7) is 0. The van der Waals surface area contributed by atoms with Gasteiger partial charge in [-0.05, 0) is 27.6 Å². The Bertz CT molecular complexity index is 538. The van der Waals surface area contributed by atoms with Crippen LogP contribution in [0.15, 0.2) is 16.7 Å². The van der Waals surface area contributed by atoms with E-state index in [1.165, 1.54) is 6.07 Å². The van der Waals surface area contributed by atoms with Crippen LogP contribution >= 0.6 is 15.9 Å². The predicted molar refractivity (Wildman–Crippen MR) is 55.1 cm³/mol. The molecule has 1 heterocycles. The first-order valence-electron chi connectivity index (χ1n) is 4.12. The molecule has 4 nitrogen and oxygen atoms in total. The minimum absolute atomic E-state index is 0.150. The first-order chi connectivity index (χ1) is 7.09. The number of rotatable bonds is 2. The smallest absolute Gasteiger partial charge is 0.307 e. The molecule has 0 aliphatic rings. The molecule has 0 spiro atoms. The molecule has 0 aliphatic heterocycles. The van der Waals surface area contributed by atoms with Crippen LogP contribution in [0.1, 0.15) is 5.56 Å². The van der Waals surface area contributed by atoms with Crippen LogP contribution in [0.25, 0.3) is 10.9 Å². The SMILES string of the molecule is O=C(O)Cc1ccc2[nH]nc(Br)c2c1F. The molecule has 0 atom stereocenters. The Morgan fingerprint density at radius 1 is 1.60 bits per heavy atom. The number of carbonyl (C=O) groups is 1. The average molecular weight is 273 g/mol. The molecule has 0 bridgehead atoms. The van der Waals surface area contributed by atoms with Gasteiger partial charge in [-0.1, -0.05) is 6.07 Å². The van der Waals surface area contributed by atoms with Gasteiger partial charge in [0.1, 0.15) is 10.4 Å². The van der Waals surface area contributed by atoms with Crippen LogP contribution in [-0.4, -0.2) is 21.3 Å². The fraction of sp³-hybridized carbons (Fsp3) is 0.111. The zero-order chi connectivity index (χ0) is 11.0. The van der Waals surface area contributed by atoms with E-state index in [2.05, 4.69) is 26.1 Å². The van der Waals surface area contributed by atoms with Crippen LogP contribution in [0, 0.1) is 5.82 Å². The summed E-state index contributed by atoms with van der Waals surface area (Å²) in [7, 11) is 0. The molecule has 1 aromatic heterocycles. The Hall–Kier alpha value is -1.43. The van der Waals surface area contributed by atoms with Crippen LogP contribution < -0.4 is 0 Å². The highest BCUT2D eigenvalue weighted by atomic mass is 79.9. The summed E-state index contributed by atoms with van der Waals surface area (Å²) in [5, 5.41) is 15.3. The van der Waals surface area contributed by atoms with Crippen LogP contribution in [-0.2, 0) is 11.2 Å². The molecular formula is C9H6BrFN2O2. The maximum atomic E-state index is 13.8. The fourth-order valence-electron chi connectivity index (χ4n) is 1.38. The van der Waals surface area contributed by atoms with Crippen molar-refractivity contribution in [2.45, 2.75) is 6.42 Å². The molecule has 78 valence electrons. The van der Waals surface area contributed by atoms with E-state index in [0.717, 1.165) is 0 Å². The Morgan fingerprint density at radius 2 is 2.33 bits per heavy atom. The third kappa shape index (κ3) is 1.72. The van der Waals surface area contributed by atoms with Crippen LogP contribution in [0.5, 0.6) is 0 Å². The number of nitrogens with zero attached hydrogens (tertiary/aromatic N) is 1. The third-order valence-corrected chi connectivity index (χ3v) is 2.62. The molecule has 0 amide bonds. The molecule has 2 N–H and O–H groups in total. The van der Waals surface area contributed by atoms with Gasteiger partial charge in [0.05, 0.1) is 17.3 Å². The van der Waals surface area contributed by atoms with E-state index >= 15 is 0 Å². The van der Waals surface area contributed by atoms with Crippen molar-refractivity contribution in [3.8, 4) is 0 Å². The first-order valence-corrected chi connectivity index (χ1v) is 4.91. The molecule has 0 saturated heterocycles. The number of carboxylic acids is 1. The number of carboxylic acid groups (broad SMARTS) is 1. The van der Waals surface area contributed by atoms with Gasteiger partial charge in [0.15, 0.2) is 0 Å². The van der Waals surface area contributed by atoms with E-state index in [-0.39, 0.29) is 17.4 Å². The number of hydrogen-bond donors (Lipinski definition) is 2. The van der Waals surface area contributed by atoms with Gasteiger partial charge >= 0.3 is 5.97 Å². The van der Waals surface area contributed by atoms with Gasteiger partial charge in [0.25, 0.3) is 0 Å². The molecule has 0 unspecified atom stereocenters. The van der Waals surface area contributed by atoms with Crippen molar-refractivity contribution >= 4 is 32.8 Å². The number of halogens is 2. The third-order valence-electron chi connectivity index (χ3n) is 2.04. The number of nitrogens with one attached hydrogen (secondary N) is 1. The summed E-state index contributed by atoms with van der Waals surface area (Å²) in [5.74, 6) is -1.61. The predicted octanol–water partition coefficient (Wildman–Crippen LogP) is 2.09. The molecule has 1 aromatic carbocycles. The summed E-state index contributed by atoms with van der Waals surface area (Å²) in [4.78, 5) is 10.5. The number of H-pyrrole nitrogens is 1. The summed E-state index contributed by atoms with van der Waals surface area (Å²) < 4.78 is 14.1. The topological polar surface area (TPSA) is 66.0 Å². The highest BCUT2D eigenvalue weighted by Gasteiger charge is 2.14. The van der Waals surface area contributed by atoms with Gasteiger partial charge in [-0.3, -0.25) is 9.89 Å². The molecule has 2 aromatic rings. The largest absolute Gasteiger partial charge is 0.481 e. The van der Waals surface area contributed by atoms with Crippen LogP contribution in [0.3, 0.4) is 0 Å². The quantitative estimate of drug-likeness (QED) is 0.880. The standard InChI is InChI=1S/C9H6BrFN2O2/c10-9-7-5(12-13-9)2-1-4(8(7)11)3-6(14)15/h1-2H,3H2,(H,12,13)(H,14,15). The van der Waals surface area contributed by atoms with Crippen molar-refractivity contribution in [2.75, 3.05) is 0 Å². The number of aliphatic carboxylic acids is 1. The summed E-state index contributed by atoms with van der Waals surface area (Å²) in [6.07, 6.45) is -0.334. The van der Waals surface area contributed by atoms with Crippen LogP contribution in [0.2, 0.25) is 0 Å². The van der Waals surface area contributed by atoms with E-state index in [4.69, 9.17) is 5.11 Å². The Morgan fingerprint density at radius 3 is 3.00 bits per heavy atom. The maximum Gasteiger partial charge on any atom is 0.307 e. The molecule has 15 heavy (non-hydrogen) atoms. The van der Waals surface area contributed by atoms with Gasteiger partial charge in [-0.25, -0.2) is 4.39 Å². The highest BCUT2D eigenvalue weighted by molar-refractivity contribution is 9.10. The lowest BCUT2D eigenvalue weighted by Crippen LogP contribution is -2.02. The first kappa shape index (κ1) is 10.1. The lowest BCUT2D eigenvalue weighted by Gasteiger charge is -2.00. The van der Waals surface area contributed by atoms with Crippen molar-refractivity contribution in [1.29, 1.82) is 0 Å². The fourth-order valence-corrected chi connectivity index (χ4v) is 1.86. The van der Waals surface area contributed by atoms with Gasteiger partial charge < -0.3 is 5.11 Å². The minimum atomic E-state index is -1.06. The molecule has 0 fully saturated rings. The van der Waals surface area contributed by atoms with Gasteiger partial charge in [-0.2, -0.15) is 5.10 Å². The van der Waals surface area contributed by atoms with Crippen LogP contribution in [0.4, 0.5) is 4.39 Å². The van der Waals surface area contributed by atoms with E-state index in [1.54, 1.807) is 6.07 Å². The number of hydrogen-bond acceptors (Lipinski definition) is 2. The molecule has 6 heteroatoms. The van der Waals surface area contributed by atoms with E-state index < -0.39 is 11.8 Å². The normalized spacial score (nSPS) is 10.8. The van der Waals surface area contributed by atoms with Gasteiger partial charge in [0, 0.05) is 0 Å². The van der Waals surface area contributed by atoms with Crippen molar-refractivity contribution in [3.63, 3.8) is 0 Å². The van der Waals surface area contributed by atoms with E-state index in [1.807, 2.05) is 0 Å². The maximum absolute atomic E-state index is 13.8. The lowest BCUT2D eigenvalue weighted by molar-refractivity contribution is -0.136. The minimum Gasteiger partial charge on any atom is -0.481 e. The van der Waals surface area contributed by atoms with Gasteiger partial charge in [-0.15, -0.1) is 0 Å². The summed E-state index contributed by atoms with van der Waals surface area (Å²) in [5.41, 5.74) is 0.686. The molecule has 0 aliphatic carbocycles. The molecule has 0 radical (unpaired) electrons. The van der Waals surface area contributed by atoms with E-state index in [0.29, 0.717) is 10.1 Å².